The zero-order valence-electron chi connectivity index (χ0n) is 20.1. The number of unbranched alkanes of at least 4 members (excludes halogenated alkanes) is 4. The van der Waals surface area contributed by atoms with Gasteiger partial charge in [-0.05, 0) is 37.2 Å². The molecule has 0 bridgehead atoms. The van der Waals surface area contributed by atoms with Gasteiger partial charge in [0.2, 0.25) is 0 Å². The van der Waals surface area contributed by atoms with Crippen LogP contribution in [0.2, 0.25) is 0 Å². The second-order valence-corrected chi connectivity index (χ2v) is 9.83. The van der Waals surface area contributed by atoms with Crippen molar-refractivity contribution < 1.29 is 22.8 Å². The van der Waals surface area contributed by atoms with Crippen molar-refractivity contribution in [1.82, 2.24) is 0 Å². The Bertz CT molecular complexity index is 671. The van der Waals surface area contributed by atoms with E-state index in [-0.39, 0.29) is 11.2 Å². The van der Waals surface area contributed by atoms with Crippen LogP contribution in [0.25, 0.3) is 0 Å². The van der Waals surface area contributed by atoms with Crippen LogP contribution >= 0.6 is 0 Å². The predicted molar refractivity (Wildman–Crippen MR) is 126 cm³/mol. The Kier molecular flexibility index (Phi) is 10.8. The largest absolute Gasteiger partial charge is 0.497 e. The van der Waals surface area contributed by atoms with Crippen molar-refractivity contribution in [1.29, 1.82) is 0 Å². The van der Waals surface area contributed by atoms with Gasteiger partial charge in [0.15, 0.2) is 17.4 Å². The Hall–Kier alpha value is -1.14. The second-order valence-electron chi connectivity index (χ2n) is 9.83. The Morgan fingerprint density at radius 1 is 0.812 bits per heavy atom. The van der Waals surface area contributed by atoms with Gasteiger partial charge >= 0.3 is 7.12 Å². The van der Waals surface area contributed by atoms with Gasteiger partial charge in [-0.3, -0.25) is 0 Å². The van der Waals surface area contributed by atoms with Crippen LogP contribution < -0.4 is 10.2 Å². The molecular formula is C26H41BF2O3. The smallest absolute Gasteiger partial charge is 0.490 e. The summed E-state index contributed by atoms with van der Waals surface area (Å²) in [5.74, 6) is -0.286. The Labute approximate surface area is 193 Å². The highest BCUT2D eigenvalue weighted by atomic mass is 19.2. The van der Waals surface area contributed by atoms with E-state index in [2.05, 4.69) is 13.8 Å². The van der Waals surface area contributed by atoms with E-state index in [9.17, 15) is 8.78 Å². The van der Waals surface area contributed by atoms with E-state index in [0.717, 1.165) is 31.6 Å². The SMILES string of the molecule is CCCCCC1CCC(COc2ccc(B3OCC(CCCCC)CO3)c(F)c2F)CC1. The van der Waals surface area contributed by atoms with Crippen LogP contribution in [0.5, 0.6) is 5.75 Å². The predicted octanol–water partition coefficient (Wildman–Crippen LogP) is 6.67. The van der Waals surface area contributed by atoms with Crippen molar-refractivity contribution >= 4 is 12.6 Å². The normalized spacial score (nSPS) is 22.3. The molecule has 1 aromatic rings. The highest BCUT2D eigenvalue weighted by Gasteiger charge is 2.33. The highest BCUT2D eigenvalue weighted by Crippen LogP contribution is 2.33. The second kappa shape index (κ2) is 13.5. The third-order valence-electron chi connectivity index (χ3n) is 7.17. The first-order valence-electron chi connectivity index (χ1n) is 13.0. The average molecular weight is 450 g/mol. The van der Waals surface area contributed by atoms with Crippen LogP contribution in [-0.4, -0.2) is 26.9 Å². The van der Waals surface area contributed by atoms with Gasteiger partial charge in [0, 0.05) is 24.6 Å². The quantitative estimate of drug-likeness (QED) is 0.263. The van der Waals surface area contributed by atoms with E-state index in [0.29, 0.717) is 31.7 Å². The molecule has 1 saturated heterocycles. The molecule has 2 aliphatic rings. The summed E-state index contributed by atoms with van der Waals surface area (Å²) in [4.78, 5) is 0. The van der Waals surface area contributed by atoms with Crippen LogP contribution in [0.15, 0.2) is 12.1 Å². The minimum Gasteiger partial charge on any atom is -0.490 e. The monoisotopic (exact) mass is 450 g/mol. The number of halogens is 2. The first-order chi connectivity index (χ1) is 15.6. The molecule has 1 aliphatic carbocycles. The fraction of sp³-hybridized carbons (Fsp3) is 0.769. The van der Waals surface area contributed by atoms with Gasteiger partial charge in [0.1, 0.15) is 0 Å². The maximum atomic E-state index is 14.7. The van der Waals surface area contributed by atoms with Crippen molar-refractivity contribution in [2.24, 2.45) is 17.8 Å². The van der Waals surface area contributed by atoms with Crippen molar-refractivity contribution in [2.45, 2.75) is 90.9 Å². The van der Waals surface area contributed by atoms with Crippen molar-refractivity contribution in [3.63, 3.8) is 0 Å². The maximum absolute atomic E-state index is 14.7. The molecule has 0 amide bonds. The average Bonchev–Trinajstić information content (AvgIpc) is 2.82. The first kappa shape index (κ1) is 25.5. The standard InChI is InChI=1S/C26H41BF2O3/c1-3-5-7-9-20-11-13-21(14-12-20)17-30-24-16-15-23(25(28)26(24)29)27-31-18-22(19-32-27)10-8-6-4-2/h15-16,20-22H,3-14,17-19H2,1-2H3. The van der Waals surface area contributed by atoms with Gasteiger partial charge in [-0.25, -0.2) is 4.39 Å². The summed E-state index contributed by atoms with van der Waals surface area (Å²) < 4.78 is 46.6. The molecule has 1 saturated carbocycles. The van der Waals surface area contributed by atoms with Crippen molar-refractivity contribution in [3.05, 3.63) is 23.8 Å². The van der Waals surface area contributed by atoms with Gasteiger partial charge in [-0.2, -0.15) is 4.39 Å². The van der Waals surface area contributed by atoms with E-state index in [1.54, 1.807) is 6.07 Å². The molecule has 32 heavy (non-hydrogen) atoms. The molecule has 0 N–H and O–H groups in total. The van der Waals surface area contributed by atoms with Crippen molar-refractivity contribution in [3.8, 4) is 5.75 Å². The molecule has 180 valence electrons. The fourth-order valence-corrected chi connectivity index (χ4v) is 4.99. The molecule has 1 aromatic carbocycles. The topological polar surface area (TPSA) is 27.7 Å². The molecule has 1 aliphatic heterocycles. The number of ether oxygens (including phenoxy) is 1. The third-order valence-corrected chi connectivity index (χ3v) is 7.17. The molecule has 0 aromatic heterocycles. The summed E-state index contributed by atoms with van der Waals surface area (Å²) in [6.07, 6.45) is 14.5. The summed E-state index contributed by atoms with van der Waals surface area (Å²) in [7, 11) is -0.844. The minimum atomic E-state index is -0.937. The summed E-state index contributed by atoms with van der Waals surface area (Å²) in [6.45, 7) is 5.91. The Balaban J connectivity index is 1.44. The van der Waals surface area contributed by atoms with Crippen LogP contribution in [0.3, 0.4) is 0 Å². The van der Waals surface area contributed by atoms with Crippen LogP contribution in [-0.2, 0) is 9.31 Å². The third kappa shape index (κ3) is 7.45. The van der Waals surface area contributed by atoms with E-state index in [1.165, 1.54) is 57.4 Å². The van der Waals surface area contributed by atoms with Gasteiger partial charge in [-0.1, -0.05) is 77.7 Å². The van der Waals surface area contributed by atoms with Crippen LogP contribution in [0.1, 0.15) is 90.9 Å². The molecule has 3 rings (SSSR count). The molecule has 0 unspecified atom stereocenters. The lowest BCUT2D eigenvalue weighted by molar-refractivity contribution is 0.0806. The summed E-state index contributed by atoms with van der Waals surface area (Å²) in [5, 5.41) is 0. The lowest BCUT2D eigenvalue weighted by Gasteiger charge is -2.29. The van der Waals surface area contributed by atoms with Gasteiger partial charge in [0.25, 0.3) is 0 Å². The van der Waals surface area contributed by atoms with E-state index in [4.69, 9.17) is 14.0 Å². The van der Waals surface area contributed by atoms with Crippen molar-refractivity contribution in [2.75, 3.05) is 19.8 Å². The number of benzene rings is 1. The fourth-order valence-electron chi connectivity index (χ4n) is 4.99. The number of hydrogen-bond donors (Lipinski definition) is 0. The molecule has 0 spiro atoms. The van der Waals surface area contributed by atoms with E-state index in [1.807, 2.05) is 0 Å². The summed E-state index contributed by atoms with van der Waals surface area (Å²) in [5.41, 5.74) is 0.120. The highest BCUT2D eigenvalue weighted by molar-refractivity contribution is 6.61. The van der Waals surface area contributed by atoms with Gasteiger partial charge in [0.05, 0.1) is 6.61 Å². The molecular weight excluding hydrogens is 409 g/mol. The Morgan fingerprint density at radius 2 is 1.41 bits per heavy atom. The van der Waals surface area contributed by atoms with Gasteiger partial charge in [-0.15, -0.1) is 0 Å². The molecule has 1 heterocycles. The number of hydrogen-bond acceptors (Lipinski definition) is 3. The summed E-state index contributed by atoms with van der Waals surface area (Å²) in [6, 6.07) is 3.06. The molecule has 0 radical (unpaired) electrons. The van der Waals surface area contributed by atoms with Crippen LogP contribution in [0.4, 0.5) is 8.78 Å². The molecule has 2 fully saturated rings. The lowest BCUT2D eigenvalue weighted by atomic mass is 9.76. The van der Waals surface area contributed by atoms with E-state index < -0.39 is 18.8 Å². The van der Waals surface area contributed by atoms with Gasteiger partial charge < -0.3 is 14.0 Å². The molecule has 6 heteroatoms. The zero-order valence-corrected chi connectivity index (χ0v) is 20.1. The summed E-state index contributed by atoms with van der Waals surface area (Å²) >= 11 is 0. The molecule has 3 nitrogen and oxygen atoms in total. The zero-order chi connectivity index (χ0) is 22.8. The minimum absolute atomic E-state index is 0.00966. The maximum Gasteiger partial charge on any atom is 0.497 e. The number of rotatable bonds is 12. The first-order valence-corrected chi connectivity index (χ1v) is 13.0. The lowest BCUT2D eigenvalue weighted by Crippen LogP contribution is -2.46. The molecule has 0 atom stereocenters. The Morgan fingerprint density at radius 3 is 2.03 bits per heavy atom. The van der Waals surface area contributed by atoms with E-state index >= 15 is 0 Å². The van der Waals surface area contributed by atoms with Crippen LogP contribution in [0, 0.1) is 29.4 Å².